The van der Waals surface area contributed by atoms with E-state index in [1.165, 1.54) is 5.56 Å². The highest BCUT2D eigenvalue weighted by Crippen LogP contribution is 2.25. The van der Waals surface area contributed by atoms with Crippen molar-refractivity contribution in [3.63, 3.8) is 0 Å². The van der Waals surface area contributed by atoms with Gasteiger partial charge in [0.2, 0.25) is 5.88 Å². The predicted molar refractivity (Wildman–Crippen MR) is 145 cm³/mol. The van der Waals surface area contributed by atoms with Crippen molar-refractivity contribution in [2.75, 3.05) is 13.1 Å². The van der Waals surface area contributed by atoms with Gasteiger partial charge in [0.25, 0.3) is 0 Å². The van der Waals surface area contributed by atoms with E-state index in [2.05, 4.69) is 23.0 Å². The number of benzene rings is 2. The molecular formula is C31H31N3O4. The topological polar surface area (TPSA) is 73.8 Å². The van der Waals surface area contributed by atoms with Gasteiger partial charge in [-0.3, -0.25) is 4.98 Å². The second kappa shape index (κ2) is 11.8. The summed E-state index contributed by atoms with van der Waals surface area (Å²) in [6.07, 6.45) is 5.53. The summed E-state index contributed by atoms with van der Waals surface area (Å²) < 4.78 is 17.5. The van der Waals surface area contributed by atoms with Crippen molar-refractivity contribution < 1.29 is 19.0 Å². The number of likely N-dealkylation sites (tertiary alicyclic amines) is 1. The number of hydrogen-bond donors (Lipinski definition) is 0. The van der Waals surface area contributed by atoms with Gasteiger partial charge in [0.15, 0.2) is 0 Å². The summed E-state index contributed by atoms with van der Waals surface area (Å²) in [6, 6.07) is 23.0. The van der Waals surface area contributed by atoms with Gasteiger partial charge in [0.05, 0.1) is 0 Å². The number of hydrogen-bond acceptors (Lipinski definition) is 6. The highest BCUT2D eigenvalue weighted by atomic mass is 16.6. The quantitative estimate of drug-likeness (QED) is 0.282. The number of aromatic nitrogens is 2. The smallest absolute Gasteiger partial charge is 0.415 e. The fourth-order valence-electron chi connectivity index (χ4n) is 4.32. The van der Waals surface area contributed by atoms with Gasteiger partial charge in [-0.05, 0) is 79.1 Å². The van der Waals surface area contributed by atoms with E-state index in [9.17, 15) is 4.79 Å². The van der Waals surface area contributed by atoms with Crippen molar-refractivity contribution in [1.29, 1.82) is 0 Å². The number of ether oxygens (including phenoxy) is 3. The van der Waals surface area contributed by atoms with Crippen LogP contribution in [0.15, 0.2) is 85.2 Å². The monoisotopic (exact) mass is 509 g/mol. The molecule has 3 heterocycles. The number of pyridine rings is 2. The summed E-state index contributed by atoms with van der Waals surface area (Å²) in [4.78, 5) is 23.1. The van der Waals surface area contributed by atoms with Crippen molar-refractivity contribution in [2.24, 2.45) is 0 Å². The maximum atomic E-state index is 12.7. The Bertz CT molecular complexity index is 1350. The molecule has 0 spiro atoms. The molecule has 1 fully saturated rings. The zero-order valence-corrected chi connectivity index (χ0v) is 21.7. The van der Waals surface area contributed by atoms with Crippen molar-refractivity contribution in [3.8, 4) is 23.1 Å². The Morgan fingerprint density at radius 2 is 1.55 bits per heavy atom. The Labute approximate surface area is 223 Å². The third kappa shape index (κ3) is 6.88. The molecule has 0 atom stereocenters. The highest BCUT2D eigenvalue weighted by Gasteiger charge is 2.25. The lowest BCUT2D eigenvalue weighted by atomic mass is 10.1. The van der Waals surface area contributed by atoms with Gasteiger partial charge in [-0.15, -0.1) is 0 Å². The van der Waals surface area contributed by atoms with E-state index in [1.807, 2.05) is 79.9 Å². The Kier molecular flexibility index (Phi) is 7.83. The molecule has 194 valence electrons. The number of piperidine rings is 1. The fraction of sp³-hybridized carbons (Fsp3) is 0.258. The van der Waals surface area contributed by atoms with Gasteiger partial charge in [0, 0.05) is 56.5 Å². The summed E-state index contributed by atoms with van der Waals surface area (Å²) in [5.74, 6) is 2.57. The molecule has 0 aliphatic carbocycles. The average molecular weight is 510 g/mol. The molecule has 7 nitrogen and oxygen atoms in total. The molecule has 1 aliphatic heterocycles. The third-order valence-electron chi connectivity index (χ3n) is 6.42. The summed E-state index contributed by atoms with van der Waals surface area (Å²) in [6.45, 7) is 5.21. The maximum absolute atomic E-state index is 12.7. The van der Waals surface area contributed by atoms with Crippen LogP contribution >= 0.6 is 0 Å². The molecule has 0 saturated carbocycles. The van der Waals surface area contributed by atoms with Crippen molar-refractivity contribution in [2.45, 2.75) is 39.2 Å². The maximum Gasteiger partial charge on any atom is 0.415 e. The van der Waals surface area contributed by atoms with Crippen molar-refractivity contribution >= 4 is 6.09 Å². The second-order valence-electron chi connectivity index (χ2n) is 9.56. The van der Waals surface area contributed by atoms with Crippen LogP contribution in [0.25, 0.3) is 0 Å². The second-order valence-corrected chi connectivity index (χ2v) is 9.56. The van der Waals surface area contributed by atoms with Gasteiger partial charge in [-0.1, -0.05) is 18.2 Å². The van der Waals surface area contributed by atoms with E-state index in [-0.39, 0.29) is 12.2 Å². The summed E-state index contributed by atoms with van der Waals surface area (Å²) in [5, 5.41) is 0. The summed E-state index contributed by atoms with van der Waals surface area (Å²) >= 11 is 0. The Hall–Kier alpha value is -4.39. The van der Waals surface area contributed by atoms with Crippen LogP contribution < -0.4 is 14.2 Å². The van der Waals surface area contributed by atoms with Crippen LogP contribution in [-0.2, 0) is 6.42 Å². The van der Waals surface area contributed by atoms with Crippen LogP contribution in [0.5, 0.6) is 23.1 Å². The highest BCUT2D eigenvalue weighted by molar-refractivity contribution is 5.70. The van der Waals surface area contributed by atoms with Gasteiger partial charge in [-0.25, -0.2) is 9.78 Å². The predicted octanol–water partition coefficient (Wildman–Crippen LogP) is 6.52. The normalized spacial score (nSPS) is 13.7. The van der Waals surface area contributed by atoms with E-state index in [0.29, 0.717) is 30.5 Å². The van der Waals surface area contributed by atoms with Crippen molar-refractivity contribution in [1.82, 2.24) is 14.9 Å². The largest absolute Gasteiger partial charge is 0.490 e. The number of nitrogens with zero attached hydrogens (tertiary/aromatic N) is 3. The zero-order valence-electron chi connectivity index (χ0n) is 21.7. The molecule has 2 aromatic carbocycles. The lowest BCUT2D eigenvalue weighted by molar-refractivity contribution is 0.0930. The average Bonchev–Trinajstić information content (AvgIpc) is 2.93. The number of amides is 1. The minimum absolute atomic E-state index is 0.0408. The van der Waals surface area contributed by atoms with Gasteiger partial charge < -0.3 is 19.1 Å². The lowest BCUT2D eigenvalue weighted by Gasteiger charge is -2.31. The first kappa shape index (κ1) is 25.3. The number of carbonyl (C=O) groups excluding carboxylic acids is 1. The van der Waals surface area contributed by atoms with Crippen LogP contribution in [0.1, 0.15) is 35.2 Å². The molecule has 0 N–H and O–H groups in total. The number of rotatable bonds is 7. The minimum atomic E-state index is -0.331. The SMILES string of the molecule is Cc1ccc(Oc2ccc(OC3CCN(C(=O)Oc4ccc(Cc5cc(C)ccn5)cc4)CC3)cc2)nc1. The third-order valence-corrected chi connectivity index (χ3v) is 6.42. The van der Waals surface area contributed by atoms with Gasteiger partial charge >= 0.3 is 6.09 Å². The van der Waals surface area contributed by atoms with E-state index in [1.54, 1.807) is 11.1 Å². The lowest BCUT2D eigenvalue weighted by Crippen LogP contribution is -2.43. The molecule has 1 amide bonds. The first-order valence-electron chi connectivity index (χ1n) is 12.8. The van der Waals surface area contributed by atoms with Crippen molar-refractivity contribution in [3.05, 3.63) is 108 Å². The molecule has 0 bridgehead atoms. The van der Waals surface area contributed by atoms with Gasteiger partial charge in [0.1, 0.15) is 23.4 Å². The Morgan fingerprint density at radius 3 is 2.24 bits per heavy atom. The summed E-state index contributed by atoms with van der Waals surface area (Å²) in [5.41, 5.74) is 4.41. The molecular weight excluding hydrogens is 478 g/mol. The molecule has 5 rings (SSSR count). The minimum Gasteiger partial charge on any atom is -0.490 e. The molecule has 1 aliphatic rings. The molecule has 2 aromatic heterocycles. The van der Waals surface area contributed by atoms with E-state index < -0.39 is 0 Å². The standard InChI is InChI=1S/C31H31N3O4/c1-22-13-16-32-25(19-22)20-24-4-6-28(7-5-24)38-31(35)34-17-14-29(15-18-34)36-26-8-10-27(11-9-26)37-30-12-3-23(2)21-33-30/h3-13,16,19,21,29H,14-15,17-18,20H2,1-2H3. The zero-order chi connectivity index (χ0) is 26.3. The van der Waals surface area contributed by atoms with Crippen LogP contribution in [0.3, 0.4) is 0 Å². The van der Waals surface area contributed by atoms with Crippen LogP contribution in [0.2, 0.25) is 0 Å². The van der Waals surface area contributed by atoms with E-state index in [4.69, 9.17) is 14.2 Å². The van der Waals surface area contributed by atoms with Gasteiger partial charge in [-0.2, -0.15) is 0 Å². The van der Waals surface area contributed by atoms with E-state index >= 15 is 0 Å². The molecule has 1 saturated heterocycles. The fourth-order valence-corrected chi connectivity index (χ4v) is 4.32. The molecule has 7 heteroatoms. The summed E-state index contributed by atoms with van der Waals surface area (Å²) in [7, 11) is 0. The van der Waals surface area contributed by atoms with E-state index in [0.717, 1.165) is 41.8 Å². The number of carbonyl (C=O) groups is 1. The van der Waals surface area contributed by atoms with Crippen LogP contribution in [-0.4, -0.2) is 40.2 Å². The van der Waals surface area contributed by atoms with Crippen LogP contribution in [0, 0.1) is 13.8 Å². The molecule has 0 unspecified atom stereocenters. The van der Waals surface area contributed by atoms with Crippen LogP contribution in [0.4, 0.5) is 4.79 Å². The molecule has 4 aromatic rings. The first-order valence-corrected chi connectivity index (χ1v) is 12.8. The number of aryl methyl sites for hydroxylation is 2. The Balaban J connectivity index is 1.06. The molecule has 0 radical (unpaired) electrons. The molecule has 38 heavy (non-hydrogen) atoms. The Morgan fingerprint density at radius 1 is 0.842 bits per heavy atom. The first-order chi connectivity index (χ1) is 18.5.